The molecular weight excluding hydrogens is 668 g/mol. The zero-order chi connectivity index (χ0) is 37.6. The Hall–Kier alpha value is -2.35. The van der Waals surface area contributed by atoms with Crippen molar-refractivity contribution >= 4 is 18.3 Å². The third-order valence-corrected chi connectivity index (χ3v) is 12.5. The smallest absolute Gasteiger partial charge is 0.410 e. The topological polar surface area (TPSA) is 179 Å². The minimum Gasteiger partial charge on any atom is -0.446 e. The van der Waals surface area contributed by atoms with Gasteiger partial charge in [0.05, 0.1) is 23.3 Å². The van der Waals surface area contributed by atoms with Crippen molar-refractivity contribution in [2.75, 3.05) is 26.2 Å². The van der Waals surface area contributed by atoms with Gasteiger partial charge in [-0.1, -0.05) is 0 Å². The van der Waals surface area contributed by atoms with Crippen LogP contribution >= 0.6 is 0 Å². The average Bonchev–Trinajstić information content (AvgIpc) is 3.67. The first kappa shape index (κ1) is 39.3. The third kappa shape index (κ3) is 10.0. The second-order valence-electron chi connectivity index (χ2n) is 19.6. The molecule has 0 aromatic rings. The molecule has 0 aromatic carbocycles. The van der Waals surface area contributed by atoms with Crippen LogP contribution in [0, 0.1) is 35.5 Å². The van der Waals surface area contributed by atoms with Crippen LogP contribution in [0.15, 0.2) is 0 Å². The Morgan fingerprint density at radius 1 is 0.712 bits per heavy atom. The Morgan fingerprint density at radius 2 is 1.19 bits per heavy atom. The van der Waals surface area contributed by atoms with Gasteiger partial charge in [-0.2, -0.15) is 0 Å². The van der Waals surface area contributed by atoms with Gasteiger partial charge in [0.1, 0.15) is 17.3 Å². The summed E-state index contributed by atoms with van der Waals surface area (Å²) in [5.41, 5.74) is -1.84. The van der Waals surface area contributed by atoms with Crippen molar-refractivity contribution in [3.63, 3.8) is 0 Å². The molecular formula is C39H66N4O9. The number of carbonyl (C=O) groups is 3. The Labute approximate surface area is 309 Å². The maximum absolute atomic E-state index is 12.7. The lowest BCUT2D eigenvalue weighted by Crippen LogP contribution is -2.58. The molecule has 13 heteroatoms. The number of ether oxygens (including phenoxy) is 3. The summed E-state index contributed by atoms with van der Waals surface area (Å²) in [4.78, 5) is 37.5. The zero-order valence-corrected chi connectivity index (χ0v) is 32.3. The van der Waals surface area contributed by atoms with E-state index in [9.17, 15) is 29.7 Å². The monoisotopic (exact) mass is 734 g/mol. The average molecular weight is 735 g/mol. The Kier molecular flexibility index (Phi) is 11.4. The van der Waals surface area contributed by atoms with Gasteiger partial charge in [0, 0.05) is 25.7 Å². The Bertz CT molecular complexity index is 1260. The van der Waals surface area contributed by atoms with E-state index in [0.29, 0.717) is 49.1 Å². The molecule has 2 aliphatic heterocycles. The van der Waals surface area contributed by atoms with Gasteiger partial charge in [-0.15, -0.1) is 0 Å². The van der Waals surface area contributed by atoms with E-state index in [-0.39, 0.29) is 42.1 Å². The molecule has 6 N–H and O–H groups in total. The number of nitrogens with one attached hydrogen (secondary N) is 3. The summed E-state index contributed by atoms with van der Waals surface area (Å²) in [6.07, 6.45) is 10.1. The highest BCUT2D eigenvalue weighted by atomic mass is 16.6. The van der Waals surface area contributed by atoms with E-state index >= 15 is 0 Å². The molecule has 2 heterocycles. The first-order valence-electron chi connectivity index (χ1n) is 20.0. The molecule has 4 unspecified atom stereocenters. The van der Waals surface area contributed by atoms with Gasteiger partial charge in [0.25, 0.3) is 0 Å². The number of amides is 3. The maximum Gasteiger partial charge on any atom is 0.410 e. The third-order valence-electron chi connectivity index (χ3n) is 12.5. The normalized spacial score (nSPS) is 41.0. The van der Waals surface area contributed by atoms with Crippen molar-refractivity contribution < 1.29 is 43.9 Å². The van der Waals surface area contributed by atoms with Gasteiger partial charge in [-0.3, -0.25) is 0 Å². The number of nitrogens with zero attached hydrogens (tertiary/aromatic N) is 1. The summed E-state index contributed by atoms with van der Waals surface area (Å²) in [5.74, 6) is 2.74. The Morgan fingerprint density at radius 3 is 1.65 bits per heavy atom. The van der Waals surface area contributed by atoms with Gasteiger partial charge in [-0.25, -0.2) is 14.4 Å². The fraction of sp³-hybridized carbons (Fsp3) is 0.923. The van der Waals surface area contributed by atoms with E-state index in [4.69, 9.17) is 14.2 Å². The van der Waals surface area contributed by atoms with E-state index in [1.54, 1.807) is 4.90 Å². The number of hydrogen-bond acceptors (Lipinski definition) is 10. The molecule has 8 bridgehead atoms. The van der Waals surface area contributed by atoms with Crippen LogP contribution in [0.25, 0.3) is 0 Å². The van der Waals surface area contributed by atoms with Gasteiger partial charge in [0.2, 0.25) is 0 Å². The molecule has 10 aliphatic rings. The van der Waals surface area contributed by atoms with E-state index in [1.807, 2.05) is 41.5 Å². The summed E-state index contributed by atoms with van der Waals surface area (Å²) in [6.45, 7) is 13.9. The van der Waals surface area contributed by atoms with Crippen molar-refractivity contribution in [1.29, 1.82) is 0 Å². The van der Waals surface area contributed by atoms with Crippen LogP contribution < -0.4 is 16.0 Å². The number of hydrogen-bond donors (Lipinski definition) is 6. The molecule has 13 nitrogen and oxygen atoms in total. The molecule has 3 amide bonds. The van der Waals surface area contributed by atoms with Crippen molar-refractivity contribution in [1.82, 2.24) is 20.9 Å². The second-order valence-corrected chi connectivity index (χ2v) is 19.6. The molecule has 8 aliphatic carbocycles. The van der Waals surface area contributed by atoms with E-state index in [0.717, 1.165) is 76.8 Å². The summed E-state index contributed by atoms with van der Waals surface area (Å²) in [5, 5.41) is 39.4. The highest BCUT2D eigenvalue weighted by molar-refractivity contribution is 5.70. The molecule has 0 radical (unpaired) electrons. The van der Waals surface area contributed by atoms with E-state index in [1.165, 1.54) is 12.8 Å². The van der Waals surface area contributed by atoms with Gasteiger partial charge >= 0.3 is 18.3 Å². The largest absolute Gasteiger partial charge is 0.446 e. The number of alkyl carbamates (subject to hydrolysis) is 2. The van der Waals surface area contributed by atoms with E-state index in [2.05, 4.69) is 16.0 Å². The molecule has 10 rings (SSSR count). The van der Waals surface area contributed by atoms with Gasteiger partial charge in [-0.05, 0) is 161 Å². The summed E-state index contributed by atoms with van der Waals surface area (Å²) < 4.78 is 16.3. The number of carbonyl (C=O) groups excluding carboxylic acids is 3. The van der Waals surface area contributed by atoms with E-state index < -0.39 is 22.9 Å². The molecule has 52 heavy (non-hydrogen) atoms. The maximum atomic E-state index is 12.7. The van der Waals surface area contributed by atoms with Crippen molar-refractivity contribution in [3.8, 4) is 0 Å². The highest BCUT2D eigenvalue weighted by Gasteiger charge is 2.57. The number of rotatable bonds is 3. The first-order valence-corrected chi connectivity index (χ1v) is 20.0. The molecule has 8 saturated carbocycles. The minimum atomic E-state index is -0.537. The van der Waals surface area contributed by atoms with Gasteiger partial charge in [0.15, 0.2) is 0 Å². The zero-order valence-electron chi connectivity index (χ0n) is 32.3. The first-order chi connectivity index (χ1) is 24.2. The summed E-state index contributed by atoms with van der Waals surface area (Å²) in [7, 11) is 0. The van der Waals surface area contributed by atoms with Gasteiger partial charge < -0.3 is 50.4 Å². The molecule has 296 valence electrons. The lowest BCUT2D eigenvalue weighted by Gasteiger charge is -2.57. The van der Waals surface area contributed by atoms with Crippen LogP contribution in [0.2, 0.25) is 0 Å². The van der Waals surface area contributed by atoms with Crippen LogP contribution in [0.3, 0.4) is 0 Å². The SMILES string of the molecule is CC(C)(C)OC(=O)N[C@@H]1CCN(C(=O)OC2C3CC4CC2CC(O)(C4)C3)C1.CC(C)(C)OC(=O)N[C@@H]1CCNC1.OC1C2CC3CC1CC(O)(C3)C2. The second kappa shape index (κ2) is 15.1. The molecule has 0 aromatic heterocycles. The van der Waals surface area contributed by atoms with Crippen LogP contribution in [-0.4, -0.2) is 111 Å². The number of likely N-dealkylation sites (tertiary alicyclic amines) is 1. The molecule has 2 saturated heterocycles. The van der Waals surface area contributed by atoms with Crippen molar-refractivity contribution in [2.45, 2.75) is 165 Å². The lowest BCUT2D eigenvalue weighted by atomic mass is 9.53. The molecule has 0 spiro atoms. The standard InChI is InChI=1S/C20H32N2O5.C10H16O2.C9H18N2O2/c1-19(2,3)27-17(23)21-15-4-5-22(11-15)18(24)26-16-13-6-12-7-14(16)10-20(25,8-12)9-13;11-9-7-1-6-2-8(9)5-10(12,3-6)4-7;1-9(2,3)13-8(12)11-7-4-5-10-6-7/h12-16,25H,4-11H2,1-3H3,(H,21,23);6-9,11-12H,1-5H2;7,10H,4-6H2,1-3H3,(H,11,12)/t12?,13?,14?,15-,16?,20?;;7-/m1.1/s1. The summed E-state index contributed by atoms with van der Waals surface area (Å²) >= 11 is 0. The van der Waals surface area contributed by atoms with Crippen LogP contribution in [0.1, 0.15) is 119 Å². The fourth-order valence-electron chi connectivity index (χ4n) is 11.0. The van der Waals surface area contributed by atoms with Crippen LogP contribution in [0.4, 0.5) is 14.4 Å². The molecule has 10 fully saturated rings. The van der Waals surface area contributed by atoms with Crippen LogP contribution in [-0.2, 0) is 14.2 Å². The lowest BCUT2D eigenvalue weighted by molar-refractivity contribution is -0.177. The predicted molar refractivity (Wildman–Crippen MR) is 193 cm³/mol. The minimum absolute atomic E-state index is 0.0628. The number of aliphatic hydroxyl groups is 3. The summed E-state index contributed by atoms with van der Waals surface area (Å²) in [6, 6.07) is 0.126. The fourth-order valence-corrected chi connectivity index (χ4v) is 11.0. The predicted octanol–water partition coefficient (Wildman–Crippen LogP) is 4.45. The number of aliphatic hydroxyl groups excluding tert-OH is 1. The Balaban J connectivity index is 0.000000153. The highest BCUT2D eigenvalue weighted by Crippen LogP contribution is 2.57. The van der Waals surface area contributed by atoms with Crippen LogP contribution in [0.5, 0.6) is 0 Å². The quantitative estimate of drug-likeness (QED) is 0.227. The van der Waals surface area contributed by atoms with Crippen molar-refractivity contribution in [2.24, 2.45) is 35.5 Å². The van der Waals surface area contributed by atoms with Crippen molar-refractivity contribution in [3.05, 3.63) is 0 Å². The molecule has 6 atom stereocenters.